The van der Waals surface area contributed by atoms with E-state index in [9.17, 15) is 9.59 Å². The normalized spacial score (nSPS) is 23.6. The van der Waals surface area contributed by atoms with Crippen molar-refractivity contribution < 1.29 is 9.59 Å². The Hall–Kier alpha value is -1.14. The second-order valence-corrected chi connectivity index (χ2v) is 5.83. The fourth-order valence-electron chi connectivity index (χ4n) is 2.92. The molecule has 1 saturated heterocycles. The Labute approximate surface area is 113 Å². The van der Waals surface area contributed by atoms with Crippen molar-refractivity contribution in [2.45, 2.75) is 38.1 Å². The fourth-order valence-corrected chi connectivity index (χ4v) is 2.92. The number of carbonyl (C=O) groups excluding carboxylic acids is 2. The van der Waals surface area contributed by atoms with Gasteiger partial charge in [-0.2, -0.15) is 0 Å². The summed E-state index contributed by atoms with van der Waals surface area (Å²) >= 11 is 0. The zero-order chi connectivity index (χ0) is 13.9. The minimum Gasteiger partial charge on any atom is -0.369 e. The van der Waals surface area contributed by atoms with Crippen LogP contribution in [0.25, 0.3) is 0 Å². The highest BCUT2D eigenvalue weighted by Gasteiger charge is 2.43. The third-order valence-electron chi connectivity index (χ3n) is 4.49. The lowest BCUT2D eigenvalue weighted by molar-refractivity contribution is -0.136. The number of hydrogen-bond donors (Lipinski definition) is 3. The molecule has 0 atom stereocenters. The molecule has 2 fully saturated rings. The molecule has 6 heteroatoms. The van der Waals surface area contributed by atoms with E-state index in [-0.39, 0.29) is 23.3 Å². The van der Waals surface area contributed by atoms with E-state index in [1.54, 1.807) is 0 Å². The van der Waals surface area contributed by atoms with Gasteiger partial charge in [-0.25, -0.2) is 0 Å². The maximum absolute atomic E-state index is 12.2. The van der Waals surface area contributed by atoms with Crippen molar-refractivity contribution >= 4 is 11.8 Å². The average molecular weight is 268 g/mol. The predicted octanol–water partition coefficient (Wildman–Crippen LogP) is -0.819. The second kappa shape index (κ2) is 5.88. The molecular weight excluding hydrogens is 244 g/mol. The van der Waals surface area contributed by atoms with Gasteiger partial charge in [0.05, 0.1) is 12.0 Å². The number of likely N-dealkylation sites (tertiary alicyclic amines) is 1. The van der Waals surface area contributed by atoms with Gasteiger partial charge in [-0.05, 0) is 25.7 Å². The van der Waals surface area contributed by atoms with Crippen LogP contribution < -0.4 is 16.8 Å². The molecule has 0 unspecified atom stereocenters. The summed E-state index contributed by atoms with van der Waals surface area (Å²) in [7, 11) is 0. The van der Waals surface area contributed by atoms with Crippen LogP contribution in [0.5, 0.6) is 0 Å². The molecule has 0 aromatic carbocycles. The van der Waals surface area contributed by atoms with Crippen LogP contribution in [-0.4, -0.2) is 48.9 Å². The van der Waals surface area contributed by atoms with Gasteiger partial charge in [-0.1, -0.05) is 6.42 Å². The van der Waals surface area contributed by atoms with E-state index in [2.05, 4.69) is 5.32 Å². The van der Waals surface area contributed by atoms with Crippen molar-refractivity contribution in [3.8, 4) is 0 Å². The second-order valence-electron chi connectivity index (χ2n) is 5.83. The highest BCUT2D eigenvalue weighted by Crippen LogP contribution is 2.40. The van der Waals surface area contributed by atoms with Crippen molar-refractivity contribution in [1.82, 2.24) is 10.2 Å². The van der Waals surface area contributed by atoms with Crippen LogP contribution in [-0.2, 0) is 9.59 Å². The SMILES string of the molecule is NCC1(C(=O)NC2CCN(CC(N)=O)CC2)CCC1. The number of nitrogens with one attached hydrogen (secondary N) is 1. The molecule has 6 nitrogen and oxygen atoms in total. The van der Waals surface area contributed by atoms with E-state index in [4.69, 9.17) is 11.5 Å². The monoisotopic (exact) mass is 268 g/mol. The Bertz CT molecular complexity index is 341. The minimum atomic E-state index is -0.301. The summed E-state index contributed by atoms with van der Waals surface area (Å²) in [5.74, 6) is -0.173. The van der Waals surface area contributed by atoms with E-state index in [0.717, 1.165) is 45.2 Å². The number of rotatable bonds is 5. The largest absolute Gasteiger partial charge is 0.369 e. The molecule has 0 aromatic heterocycles. The lowest BCUT2D eigenvalue weighted by atomic mass is 9.68. The van der Waals surface area contributed by atoms with Crippen molar-refractivity contribution in [2.24, 2.45) is 16.9 Å². The van der Waals surface area contributed by atoms with Crippen LogP contribution in [0.15, 0.2) is 0 Å². The number of primary amides is 1. The van der Waals surface area contributed by atoms with Gasteiger partial charge in [0.2, 0.25) is 11.8 Å². The molecular formula is C13H24N4O2. The summed E-state index contributed by atoms with van der Waals surface area (Å²) in [5.41, 5.74) is 10.6. The van der Waals surface area contributed by atoms with Crippen LogP contribution in [0.3, 0.4) is 0 Å². The minimum absolute atomic E-state index is 0.120. The lowest BCUT2D eigenvalue weighted by Gasteiger charge is -2.41. The predicted molar refractivity (Wildman–Crippen MR) is 72.1 cm³/mol. The van der Waals surface area contributed by atoms with Gasteiger partial charge < -0.3 is 16.8 Å². The van der Waals surface area contributed by atoms with Gasteiger partial charge in [0, 0.05) is 25.7 Å². The first-order valence-corrected chi connectivity index (χ1v) is 7.07. The van der Waals surface area contributed by atoms with Crippen LogP contribution in [0, 0.1) is 5.41 Å². The zero-order valence-electron chi connectivity index (χ0n) is 11.4. The van der Waals surface area contributed by atoms with Gasteiger partial charge in [-0.15, -0.1) is 0 Å². The standard InChI is InChI=1S/C13H24N4O2/c14-9-13(4-1-5-13)12(19)16-10-2-6-17(7-3-10)8-11(15)18/h10H,1-9,14H2,(H2,15,18)(H,16,19). The summed E-state index contributed by atoms with van der Waals surface area (Å²) in [6.07, 6.45) is 4.67. The number of piperidine rings is 1. The van der Waals surface area contributed by atoms with Crippen molar-refractivity contribution in [1.29, 1.82) is 0 Å². The molecule has 108 valence electrons. The quantitative estimate of drug-likeness (QED) is 0.606. The molecule has 1 heterocycles. The van der Waals surface area contributed by atoms with Gasteiger partial charge in [0.25, 0.3) is 0 Å². The maximum atomic E-state index is 12.2. The number of hydrogen-bond acceptors (Lipinski definition) is 4. The highest BCUT2D eigenvalue weighted by atomic mass is 16.2. The molecule has 2 amide bonds. The molecule has 1 saturated carbocycles. The van der Waals surface area contributed by atoms with Crippen LogP contribution >= 0.6 is 0 Å². The fraction of sp³-hybridized carbons (Fsp3) is 0.846. The summed E-state index contributed by atoms with van der Waals surface area (Å²) in [5, 5.41) is 3.12. The molecule has 0 radical (unpaired) electrons. The Morgan fingerprint density at radius 3 is 2.32 bits per heavy atom. The van der Waals surface area contributed by atoms with E-state index in [1.165, 1.54) is 0 Å². The molecule has 2 rings (SSSR count). The summed E-state index contributed by atoms with van der Waals surface area (Å²) < 4.78 is 0. The molecule has 0 spiro atoms. The number of nitrogens with zero attached hydrogens (tertiary/aromatic N) is 1. The average Bonchev–Trinajstić information content (AvgIpc) is 2.30. The van der Waals surface area contributed by atoms with E-state index in [0.29, 0.717) is 13.1 Å². The van der Waals surface area contributed by atoms with Crippen LogP contribution in [0.2, 0.25) is 0 Å². The summed E-state index contributed by atoms with van der Waals surface area (Å²) in [6.45, 7) is 2.37. The van der Waals surface area contributed by atoms with Crippen molar-refractivity contribution in [3.63, 3.8) is 0 Å². The number of nitrogens with two attached hydrogens (primary N) is 2. The van der Waals surface area contributed by atoms with E-state index >= 15 is 0 Å². The first-order chi connectivity index (χ1) is 9.05. The molecule has 1 aliphatic carbocycles. The van der Waals surface area contributed by atoms with Gasteiger partial charge in [-0.3, -0.25) is 14.5 Å². The molecule has 0 bridgehead atoms. The smallest absolute Gasteiger partial charge is 0.231 e. The molecule has 19 heavy (non-hydrogen) atoms. The Balaban J connectivity index is 1.76. The molecule has 5 N–H and O–H groups in total. The number of carbonyl (C=O) groups is 2. The molecule has 1 aliphatic heterocycles. The first kappa shape index (κ1) is 14.3. The zero-order valence-corrected chi connectivity index (χ0v) is 11.4. The van der Waals surface area contributed by atoms with Gasteiger partial charge >= 0.3 is 0 Å². The highest BCUT2D eigenvalue weighted by molar-refractivity contribution is 5.84. The van der Waals surface area contributed by atoms with Crippen molar-refractivity contribution in [3.05, 3.63) is 0 Å². The lowest BCUT2D eigenvalue weighted by Crippen LogP contribution is -2.55. The van der Waals surface area contributed by atoms with Gasteiger partial charge in [0.15, 0.2) is 0 Å². The Morgan fingerprint density at radius 1 is 1.26 bits per heavy atom. The Kier molecular flexibility index (Phi) is 4.42. The van der Waals surface area contributed by atoms with Crippen molar-refractivity contribution in [2.75, 3.05) is 26.2 Å². The summed E-state index contributed by atoms with van der Waals surface area (Å²) in [4.78, 5) is 25.1. The van der Waals surface area contributed by atoms with Crippen LogP contribution in [0.4, 0.5) is 0 Å². The van der Waals surface area contributed by atoms with Gasteiger partial charge in [0.1, 0.15) is 0 Å². The number of amides is 2. The van der Waals surface area contributed by atoms with E-state index < -0.39 is 0 Å². The van der Waals surface area contributed by atoms with Crippen LogP contribution in [0.1, 0.15) is 32.1 Å². The third-order valence-corrected chi connectivity index (χ3v) is 4.49. The third kappa shape index (κ3) is 3.25. The Morgan fingerprint density at radius 2 is 1.89 bits per heavy atom. The first-order valence-electron chi connectivity index (χ1n) is 7.07. The summed E-state index contributed by atoms with van der Waals surface area (Å²) in [6, 6.07) is 0.209. The van der Waals surface area contributed by atoms with E-state index in [1.807, 2.05) is 4.90 Å². The molecule has 0 aromatic rings. The molecule has 2 aliphatic rings. The maximum Gasteiger partial charge on any atom is 0.231 e. The topological polar surface area (TPSA) is 101 Å².